The summed E-state index contributed by atoms with van der Waals surface area (Å²) >= 11 is 3.57. The fraction of sp³-hybridized carbons (Fsp3) is 0.500. The van der Waals surface area contributed by atoms with E-state index in [-0.39, 0.29) is 0 Å². The van der Waals surface area contributed by atoms with Crippen molar-refractivity contribution in [2.45, 2.75) is 31.7 Å². The molecule has 1 aliphatic carbocycles. The molecule has 82 valence electrons. The van der Waals surface area contributed by atoms with E-state index in [1.54, 1.807) is 0 Å². The molecule has 1 fully saturated rings. The standard InChI is InChI=1S/C12H17BrN2/c1-15(10-4-2-3-5-10)12-7-6-9(14)8-11(12)13/h6-8,10H,2-5,14H2,1H3. The lowest BCUT2D eigenvalue weighted by Crippen LogP contribution is -2.28. The van der Waals surface area contributed by atoms with E-state index < -0.39 is 0 Å². The zero-order valence-electron chi connectivity index (χ0n) is 9.04. The zero-order chi connectivity index (χ0) is 10.8. The van der Waals surface area contributed by atoms with Gasteiger partial charge in [0.2, 0.25) is 0 Å². The third kappa shape index (κ3) is 2.28. The molecular formula is C12H17BrN2. The maximum atomic E-state index is 5.73. The van der Waals surface area contributed by atoms with Crippen LogP contribution in [0.2, 0.25) is 0 Å². The molecule has 0 saturated heterocycles. The molecule has 0 spiro atoms. The van der Waals surface area contributed by atoms with E-state index in [1.807, 2.05) is 12.1 Å². The maximum absolute atomic E-state index is 5.73. The van der Waals surface area contributed by atoms with Gasteiger partial charge in [-0.2, -0.15) is 0 Å². The fourth-order valence-electron chi connectivity index (χ4n) is 2.30. The molecule has 1 aliphatic rings. The van der Waals surface area contributed by atoms with Crippen LogP contribution in [-0.4, -0.2) is 13.1 Å². The van der Waals surface area contributed by atoms with Crippen LogP contribution in [-0.2, 0) is 0 Å². The number of nitrogen functional groups attached to an aromatic ring is 1. The molecule has 0 bridgehead atoms. The average molecular weight is 269 g/mol. The highest BCUT2D eigenvalue weighted by molar-refractivity contribution is 9.10. The van der Waals surface area contributed by atoms with Gasteiger partial charge in [-0.05, 0) is 47.0 Å². The normalized spacial score (nSPS) is 16.9. The molecule has 0 unspecified atom stereocenters. The highest BCUT2D eigenvalue weighted by Gasteiger charge is 2.20. The Labute approximate surface area is 99.6 Å². The zero-order valence-corrected chi connectivity index (χ0v) is 10.6. The van der Waals surface area contributed by atoms with Crippen molar-refractivity contribution in [3.8, 4) is 0 Å². The summed E-state index contributed by atoms with van der Waals surface area (Å²) < 4.78 is 1.09. The van der Waals surface area contributed by atoms with Gasteiger partial charge in [-0.1, -0.05) is 12.8 Å². The molecule has 0 aromatic heterocycles. The predicted octanol–water partition coefficient (Wildman–Crippen LogP) is 3.41. The van der Waals surface area contributed by atoms with Crippen molar-refractivity contribution in [2.24, 2.45) is 0 Å². The van der Waals surface area contributed by atoms with Gasteiger partial charge in [0.1, 0.15) is 0 Å². The Morgan fingerprint density at radius 1 is 1.33 bits per heavy atom. The Morgan fingerprint density at radius 3 is 2.60 bits per heavy atom. The first kappa shape index (κ1) is 10.8. The Bertz CT molecular complexity index is 345. The third-order valence-corrected chi connectivity index (χ3v) is 3.86. The van der Waals surface area contributed by atoms with E-state index in [0.717, 1.165) is 10.2 Å². The number of hydrogen-bond donors (Lipinski definition) is 1. The maximum Gasteiger partial charge on any atom is 0.0512 e. The molecule has 0 heterocycles. The first-order chi connectivity index (χ1) is 7.18. The topological polar surface area (TPSA) is 29.3 Å². The summed E-state index contributed by atoms with van der Waals surface area (Å²) in [6, 6.07) is 6.73. The Morgan fingerprint density at radius 2 is 2.00 bits per heavy atom. The minimum absolute atomic E-state index is 0.699. The van der Waals surface area contributed by atoms with Crippen LogP contribution < -0.4 is 10.6 Å². The number of rotatable bonds is 2. The lowest BCUT2D eigenvalue weighted by atomic mass is 10.2. The molecule has 1 saturated carbocycles. The lowest BCUT2D eigenvalue weighted by molar-refractivity contribution is 0.652. The second-order valence-corrected chi connectivity index (χ2v) is 5.11. The van der Waals surface area contributed by atoms with Crippen LogP contribution in [0.3, 0.4) is 0 Å². The molecule has 0 atom stereocenters. The van der Waals surface area contributed by atoms with Crippen molar-refractivity contribution in [2.75, 3.05) is 17.7 Å². The number of anilines is 2. The first-order valence-corrected chi connectivity index (χ1v) is 6.25. The van der Waals surface area contributed by atoms with Crippen LogP contribution in [0.4, 0.5) is 11.4 Å². The van der Waals surface area contributed by atoms with Crippen LogP contribution in [0.25, 0.3) is 0 Å². The van der Waals surface area contributed by atoms with Crippen molar-refractivity contribution in [3.05, 3.63) is 22.7 Å². The summed E-state index contributed by atoms with van der Waals surface area (Å²) in [6.07, 6.45) is 5.35. The van der Waals surface area contributed by atoms with Gasteiger partial charge in [0, 0.05) is 23.2 Å². The number of nitrogens with zero attached hydrogens (tertiary/aromatic N) is 1. The molecule has 2 N–H and O–H groups in total. The Balaban J connectivity index is 2.20. The van der Waals surface area contributed by atoms with E-state index in [4.69, 9.17) is 5.73 Å². The Hall–Kier alpha value is -0.700. The molecular weight excluding hydrogens is 252 g/mol. The predicted molar refractivity (Wildman–Crippen MR) is 69.2 cm³/mol. The van der Waals surface area contributed by atoms with Crippen molar-refractivity contribution < 1.29 is 0 Å². The number of halogens is 1. The van der Waals surface area contributed by atoms with Gasteiger partial charge in [-0.25, -0.2) is 0 Å². The van der Waals surface area contributed by atoms with Crippen molar-refractivity contribution in [1.29, 1.82) is 0 Å². The number of benzene rings is 1. The summed E-state index contributed by atoms with van der Waals surface area (Å²) in [6.45, 7) is 0. The smallest absolute Gasteiger partial charge is 0.0512 e. The third-order valence-electron chi connectivity index (χ3n) is 3.22. The van der Waals surface area contributed by atoms with Gasteiger partial charge in [-0.15, -0.1) is 0 Å². The minimum Gasteiger partial charge on any atom is -0.399 e. The Kier molecular flexibility index (Phi) is 3.19. The van der Waals surface area contributed by atoms with Crippen molar-refractivity contribution in [1.82, 2.24) is 0 Å². The van der Waals surface area contributed by atoms with E-state index in [1.165, 1.54) is 31.4 Å². The molecule has 1 aromatic carbocycles. The molecule has 2 nitrogen and oxygen atoms in total. The van der Waals surface area contributed by atoms with E-state index in [2.05, 4.69) is 33.9 Å². The SMILES string of the molecule is CN(c1ccc(N)cc1Br)C1CCCC1. The highest BCUT2D eigenvalue weighted by Crippen LogP contribution is 2.32. The molecule has 2 rings (SSSR count). The average Bonchev–Trinajstić information content (AvgIpc) is 2.69. The van der Waals surface area contributed by atoms with Crippen LogP contribution in [0, 0.1) is 0 Å². The summed E-state index contributed by atoms with van der Waals surface area (Å²) in [4.78, 5) is 2.37. The van der Waals surface area contributed by atoms with Crippen molar-refractivity contribution in [3.63, 3.8) is 0 Å². The summed E-state index contributed by atoms with van der Waals surface area (Å²) in [5.74, 6) is 0. The largest absolute Gasteiger partial charge is 0.399 e. The minimum atomic E-state index is 0.699. The summed E-state index contributed by atoms with van der Waals surface area (Å²) in [5, 5.41) is 0. The van der Waals surface area contributed by atoms with Gasteiger partial charge in [-0.3, -0.25) is 0 Å². The van der Waals surface area contributed by atoms with Crippen molar-refractivity contribution >= 4 is 27.3 Å². The molecule has 15 heavy (non-hydrogen) atoms. The molecule has 0 amide bonds. The summed E-state index contributed by atoms with van der Waals surface area (Å²) in [7, 11) is 2.17. The van der Waals surface area contributed by atoms with E-state index in [0.29, 0.717) is 6.04 Å². The fourth-order valence-corrected chi connectivity index (χ4v) is 2.97. The highest BCUT2D eigenvalue weighted by atomic mass is 79.9. The second-order valence-electron chi connectivity index (χ2n) is 4.26. The van der Waals surface area contributed by atoms with E-state index in [9.17, 15) is 0 Å². The molecule has 0 radical (unpaired) electrons. The molecule has 0 aliphatic heterocycles. The van der Waals surface area contributed by atoms with Gasteiger partial charge in [0.05, 0.1) is 5.69 Å². The van der Waals surface area contributed by atoms with Crippen LogP contribution in [0.15, 0.2) is 22.7 Å². The first-order valence-electron chi connectivity index (χ1n) is 5.46. The lowest BCUT2D eigenvalue weighted by Gasteiger charge is -2.27. The van der Waals surface area contributed by atoms with Gasteiger partial charge >= 0.3 is 0 Å². The van der Waals surface area contributed by atoms with Crippen LogP contribution in [0.1, 0.15) is 25.7 Å². The monoisotopic (exact) mass is 268 g/mol. The van der Waals surface area contributed by atoms with Crippen LogP contribution in [0.5, 0.6) is 0 Å². The van der Waals surface area contributed by atoms with Gasteiger partial charge in [0.25, 0.3) is 0 Å². The second kappa shape index (κ2) is 4.44. The number of hydrogen-bond acceptors (Lipinski definition) is 2. The summed E-state index contributed by atoms with van der Waals surface area (Å²) in [5.41, 5.74) is 7.79. The number of nitrogens with two attached hydrogens (primary N) is 1. The van der Waals surface area contributed by atoms with Gasteiger partial charge in [0.15, 0.2) is 0 Å². The quantitative estimate of drug-likeness (QED) is 0.834. The molecule has 1 aromatic rings. The van der Waals surface area contributed by atoms with Crippen LogP contribution >= 0.6 is 15.9 Å². The van der Waals surface area contributed by atoms with Gasteiger partial charge < -0.3 is 10.6 Å². The van der Waals surface area contributed by atoms with E-state index >= 15 is 0 Å². The molecule has 3 heteroatoms.